The van der Waals surface area contributed by atoms with Gasteiger partial charge in [-0.05, 0) is 94.1 Å². The van der Waals surface area contributed by atoms with Crippen molar-refractivity contribution < 1.29 is 9.50 Å². The molecule has 0 saturated carbocycles. The lowest BCUT2D eigenvalue weighted by Gasteiger charge is -2.34. The molecular formula is C36H38FN7O3. The molecule has 1 aliphatic heterocycles. The minimum atomic E-state index is -0.683. The molecule has 2 aromatic carbocycles. The third kappa shape index (κ3) is 6.24. The SMILES string of the molecule is C=C(C)c1cc(F)c2c(=O)n(-c3cccc(-c4cc(Nc5ccc(C6CCN(C(C)C)CC6)cn5)c(=O)n(C)n4)c3CO)ncc2c1. The van der Waals surface area contributed by atoms with Crippen molar-refractivity contribution in [3.63, 3.8) is 0 Å². The highest BCUT2D eigenvalue weighted by Crippen LogP contribution is 2.31. The van der Waals surface area contributed by atoms with Crippen molar-refractivity contribution in [2.45, 2.75) is 52.2 Å². The van der Waals surface area contributed by atoms with Gasteiger partial charge in [0.05, 0.1) is 29.6 Å². The second-order valence-corrected chi connectivity index (χ2v) is 12.4. The van der Waals surface area contributed by atoms with Crippen molar-refractivity contribution in [2.75, 3.05) is 18.4 Å². The van der Waals surface area contributed by atoms with E-state index >= 15 is 4.39 Å². The predicted molar refractivity (Wildman–Crippen MR) is 183 cm³/mol. The van der Waals surface area contributed by atoms with E-state index in [0.717, 1.165) is 30.6 Å². The summed E-state index contributed by atoms with van der Waals surface area (Å²) in [6.07, 6.45) is 5.45. The lowest BCUT2D eigenvalue weighted by molar-refractivity contribution is 0.172. The summed E-state index contributed by atoms with van der Waals surface area (Å²) < 4.78 is 17.4. The highest BCUT2D eigenvalue weighted by atomic mass is 19.1. The van der Waals surface area contributed by atoms with E-state index in [-0.39, 0.29) is 22.3 Å². The first-order valence-corrected chi connectivity index (χ1v) is 15.7. The van der Waals surface area contributed by atoms with Gasteiger partial charge >= 0.3 is 0 Å². The Balaban J connectivity index is 1.33. The van der Waals surface area contributed by atoms with Crippen LogP contribution in [0.3, 0.4) is 0 Å². The number of nitrogens with one attached hydrogen (secondary N) is 1. The second-order valence-electron chi connectivity index (χ2n) is 12.4. The minimum absolute atomic E-state index is 0.120. The van der Waals surface area contributed by atoms with Crippen molar-refractivity contribution in [3.05, 3.63) is 111 Å². The van der Waals surface area contributed by atoms with Crippen molar-refractivity contribution in [1.29, 1.82) is 0 Å². The Labute approximate surface area is 271 Å². The normalized spacial score (nSPS) is 14.2. The van der Waals surface area contributed by atoms with Crippen LogP contribution < -0.4 is 16.4 Å². The van der Waals surface area contributed by atoms with Gasteiger partial charge in [0.2, 0.25) is 0 Å². The van der Waals surface area contributed by atoms with Gasteiger partial charge < -0.3 is 15.3 Å². The zero-order valence-electron chi connectivity index (χ0n) is 27.0. The van der Waals surface area contributed by atoms with E-state index in [9.17, 15) is 14.7 Å². The fraction of sp³-hybridized carbons (Fsp3) is 0.306. The number of anilines is 2. The van der Waals surface area contributed by atoms with E-state index in [1.165, 1.54) is 29.6 Å². The number of piperidine rings is 1. The standard InChI is InChI=1S/C36H38FN7O3/c1-21(2)25-15-26-19-39-44(36(47)34(26)29(37)16-25)32-8-6-7-27(28(32)20-45)30-17-31(35(46)42(5)41-30)40-33-10-9-24(18-38-33)23-11-13-43(14-12-23)22(3)4/h6-10,15-19,22-23,45H,1,11-14,20H2,2-5H3,(H,38,40). The smallest absolute Gasteiger partial charge is 0.290 e. The van der Waals surface area contributed by atoms with E-state index in [0.29, 0.717) is 51.1 Å². The van der Waals surface area contributed by atoms with Crippen LogP contribution in [0.15, 0.2) is 77.1 Å². The molecule has 1 aliphatic rings. The van der Waals surface area contributed by atoms with Crippen LogP contribution in [0.1, 0.15) is 56.2 Å². The Bertz CT molecular complexity index is 2100. The topological polar surface area (TPSA) is 118 Å². The summed E-state index contributed by atoms with van der Waals surface area (Å²) in [7, 11) is 1.54. The van der Waals surface area contributed by atoms with Crippen molar-refractivity contribution in [3.8, 4) is 16.9 Å². The van der Waals surface area contributed by atoms with Gasteiger partial charge in [0.25, 0.3) is 11.1 Å². The maximum absolute atomic E-state index is 15.2. The number of pyridine rings is 1. The van der Waals surface area contributed by atoms with Crippen LogP contribution in [0.4, 0.5) is 15.9 Å². The lowest BCUT2D eigenvalue weighted by Crippen LogP contribution is -2.37. The summed E-state index contributed by atoms with van der Waals surface area (Å²) in [6, 6.07) is 14.1. The van der Waals surface area contributed by atoms with Gasteiger partial charge in [0.15, 0.2) is 0 Å². The zero-order chi connectivity index (χ0) is 33.4. The predicted octanol–water partition coefficient (Wildman–Crippen LogP) is 5.54. The first kappa shape index (κ1) is 32.0. The summed E-state index contributed by atoms with van der Waals surface area (Å²) >= 11 is 0. The fourth-order valence-corrected chi connectivity index (χ4v) is 6.27. The van der Waals surface area contributed by atoms with E-state index in [1.54, 1.807) is 37.3 Å². The van der Waals surface area contributed by atoms with Crippen LogP contribution in [-0.4, -0.2) is 53.7 Å². The summed E-state index contributed by atoms with van der Waals surface area (Å²) in [5, 5.41) is 22.7. The number of benzene rings is 2. The number of halogens is 1. The van der Waals surface area contributed by atoms with Gasteiger partial charge in [0.1, 0.15) is 17.3 Å². The number of aliphatic hydroxyl groups excluding tert-OH is 1. The maximum Gasteiger partial charge on any atom is 0.290 e. The van der Waals surface area contributed by atoms with Crippen molar-refractivity contribution >= 4 is 27.9 Å². The van der Waals surface area contributed by atoms with Gasteiger partial charge in [-0.1, -0.05) is 30.4 Å². The molecule has 0 atom stereocenters. The zero-order valence-corrected chi connectivity index (χ0v) is 27.0. The quantitative estimate of drug-likeness (QED) is 0.228. The third-order valence-electron chi connectivity index (χ3n) is 8.99. The molecule has 242 valence electrons. The van der Waals surface area contributed by atoms with Crippen LogP contribution in [0.5, 0.6) is 0 Å². The monoisotopic (exact) mass is 635 g/mol. The third-order valence-corrected chi connectivity index (χ3v) is 8.99. The van der Waals surface area contributed by atoms with Crippen LogP contribution in [0.2, 0.25) is 0 Å². The van der Waals surface area contributed by atoms with Gasteiger partial charge in [-0.3, -0.25) is 9.59 Å². The van der Waals surface area contributed by atoms with E-state index < -0.39 is 18.0 Å². The number of fused-ring (bicyclic) bond motifs is 1. The molecule has 0 amide bonds. The molecular weight excluding hydrogens is 597 g/mol. The molecule has 47 heavy (non-hydrogen) atoms. The fourth-order valence-electron chi connectivity index (χ4n) is 6.27. The molecule has 2 N–H and O–H groups in total. The average Bonchev–Trinajstić information content (AvgIpc) is 3.06. The number of nitrogens with zero attached hydrogens (tertiary/aromatic N) is 6. The summed E-state index contributed by atoms with van der Waals surface area (Å²) in [5.41, 5.74) is 3.08. The van der Waals surface area contributed by atoms with Crippen molar-refractivity contribution in [2.24, 2.45) is 7.05 Å². The Kier molecular flexibility index (Phi) is 8.85. The van der Waals surface area contributed by atoms with Gasteiger partial charge in [-0.2, -0.15) is 14.9 Å². The number of likely N-dealkylation sites (tertiary alicyclic amines) is 1. The van der Waals surface area contributed by atoms with Gasteiger partial charge in [0, 0.05) is 35.8 Å². The van der Waals surface area contributed by atoms with Crippen LogP contribution in [-0.2, 0) is 13.7 Å². The van der Waals surface area contributed by atoms with Crippen LogP contribution in [0.25, 0.3) is 33.3 Å². The number of allylic oxidation sites excluding steroid dienone is 1. The summed E-state index contributed by atoms with van der Waals surface area (Å²) in [5.74, 6) is 0.283. The number of hydrogen-bond acceptors (Lipinski definition) is 8. The van der Waals surface area contributed by atoms with Crippen molar-refractivity contribution in [1.82, 2.24) is 29.4 Å². The Morgan fingerprint density at radius 3 is 2.51 bits per heavy atom. The molecule has 0 spiro atoms. The highest BCUT2D eigenvalue weighted by molar-refractivity contribution is 5.85. The molecule has 10 nitrogen and oxygen atoms in total. The van der Waals surface area contributed by atoms with E-state index in [4.69, 9.17) is 0 Å². The highest BCUT2D eigenvalue weighted by Gasteiger charge is 2.23. The molecule has 1 saturated heterocycles. The Morgan fingerprint density at radius 1 is 1.09 bits per heavy atom. The second kappa shape index (κ2) is 13.0. The summed E-state index contributed by atoms with van der Waals surface area (Å²) in [6.45, 7) is 11.7. The maximum atomic E-state index is 15.2. The number of aromatic nitrogens is 5. The lowest BCUT2D eigenvalue weighted by atomic mass is 9.90. The molecule has 11 heteroatoms. The molecule has 5 aromatic rings. The van der Waals surface area contributed by atoms with E-state index in [2.05, 4.69) is 51.9 Å². The summed E-state index contributed by atoms with van der Waals surface area (Å²) in [4.78, 5) is 33.8. The molecule has 0 bridgehead atoms. The molecule has 3 aromatic heterocycles. The van der Waals surface area contributed by atoms with Gasteiger partial charge in [-0.25, -0.2) is 14.1 Å². The molecule has 0 aliphatic carbocycles. The molecule has 0 unspecified atom stereocenters. The average molecular weight is 636 g/mol. The number of aryl methyl sites for hydroxylation is 1. The molecule has 1 fully saturated rings. The molecule has 4 heterocycles. The number of rotatable bonds is 8. The largest absolute Gasteiger partial charge is 0.392 e. The van der Waals surface area contributed by atoms with Crippen LogP contribution >= 0.6 is 0 Å². The van der Waals surface area contributed by atoms with Gasteiger partial charge in [-0.15, -0.1) is 0 Å². The molecule has 0 radical (unpaired) electrons. The van der Waals surface area contributed by atoms with Crippen LogP contribution in [0, 0.1) is 5.82 Å². The Hall–Kier alpha value is -5.00. The first-order chi connectivity index (χ1) is 22.5. The first-order valence-electron chi connectivity index (χ1n) is 15.7. The minimum Gasteiger partial charge on any atom is -0.392 e. The van der Waals surface area contributed by atoms with E-state index in [1.807, 2.05) is 12.3 Å². The number of hydrogen-bond donors (Lipinski definition) is 2. The Morgan fingerprint density at radius 2 is 1.85 bits per heavy atom. The number of aliphatic hydroxyl groups is 1. The molecule has 6 rings (SSSR count).